The molecule has 1 amide bonds. The molecule has 0 radical (unpaired) electrons. The van der Waals surface area contributed by atoms with E-state index in [0.717, 1.165) is 25.5 Å². The zero-order valence-electron chi connectivity index (χ0n) is 19.8. The largest absolute Gasteiger partial charge is 0.490 e. The minimum absolute atomic E-state index is 0.0569. The van der Waals surface area contributed by atoms with Crippen molar-refractivity contribution < 1.29 is 28.6 Å². The molecule has 1 aliphatic heterocycles. The van der Waals surface area contributed by atoms with E-state index in [1.807, 2.05) is 36.1 Å². The molecular weight excluding hydrogens is 467 g/mol. The summed E-state index contributed by atoms with van der Waals surface area (Å²) in [6.07, 6.45) is 4.54. The Labute approximate surface area is 207 Å². The Bertz CT molecular complexity index is 1220. The molecule has 1 saturated heterocycles. The number of para-hydroxylation sites is 2. The highest BCUT2D eigenvalue weighted by atomic mass is 19.1. The lowest BCUT2D eigenvalue weighted by molar-refractivity contribution is 0.0696. The fourth-order valence-corrected chi connectivity index (χ4v) is 3.94. The van der Waals surface area contributed by atoms with Crippen molar-refractivity contribution in [1.29, 1.82) is 0 Å². The Hall–Kier alpha value is -4.21. The predicted octanol–water partition coefficient (Wildman–Crippen LogP) is 3.69. The van der Waals surface area contributed by atoms with Crippen LogP contribution in [0.2, 0.25) is 0 Å². The van der Waals surface area contributed by atoms with E-state index < -0.39 is 17.7 Å². The van der Waals surface area contributed by atoms with Crippen LogP contribution in [-0.2, 0) is 6.54 Å². The van der Waals surface area contributed by atoms with Crippen molar-refractivity contribution in [2.24, 2.45) is 0 Å². The van der Waals surface area contributed by atoms with Gasteiger partial charge in [0.25, 0.3) is 5.91 Å². The maximum absolute atomic E-state index is 14.0. The van der Waals surface area contributed by atoms with Gasteiger partial charge in [-0.15, -0.1) is 0 Å². The highest BCUT2D eigenvalue weighted by Gasteiger charge is 2.24. The van der Waals surface area contributed by atoms with E-state index in [1.165, 1.54) is 24.5 Å². The van der Waals surface area contributed by atoms with E-state index in [9.17, 15) is 14.0 Å². The van der Waals surface area contributed by atoms with Crippen LogP contribution in [-0.4, -0.2) is 52.8 Å². The number of hydrogen-bond donors (Lipinski definition) is 2. The highest BCUT2D eigenvalue weighted by Crippen LogP contribution is 2.29. The molecule has 0 spiro atoms. The minimum Gasteiger partial charge on any atom is -0.490 e. The van der Waals surface area contributed by atoms with Gasteiger partial charge in [-0.25, -0.2) is 19.2 Å². The summed E-state index contributed by atoms with van der Waals surface area (Å²) in [7, 11) is 0. The number of nitrogens with one attached hydrogen (secondary N) is 1. The van der Waals surface area contributed by atoms with Crippen LogP contribution in [0.4, 0.5) is 10.3 Å². The molecular formula is C26H27FN4O5. The molecule has 2 aromatic carbocycles. The van der Waals surface area contributed by atoms with Gasteiger partial charge >= 0.3 is 5.97 Å². The number of rotatable bonds is 9. The molecule has 0 aliphatic carbocycles. The average molecular weight is 495 g/mol. The van der Waals surface area contributed by atoms with Gasteiger partial charge in [0, 0.05) is 31.0 Å². The molecule has 0 saturated carbocycles. The maximum Gasteiger partial charge on any atom is 0.335 e. The molecule has 2 N–H and O–H groups in total. The van der Waals surface area contributed by atoms with Crippen LogP contribution < -0.4 is 19.7 Å². The predicted molar refractivity (Wildman–Crippen MR) is 130 cm³/mol. The molecule has 1 fully saturated rings. The Kier molecular flexibility index (Phi) is 7.94. The molecule has 188 valence electrons. The first-order valence-corrected chi connectivity index (χ1v) is 11.7. The van der Waals surface area contributed by atoms with Crippen LogP contribution in [0, 0.1) is 5.82 Å². The van der Waals surface area contributed by atoms with Crippen LogP contribution >= 0.6 is 0 Å². The van der Waals surface area contributed by atoms with E-state index >= 15 is 0 Å². The molecule has 0 unspecified atom stereocenters. The summed E-state index contributed by atoms with van der Waals surface area (Å²) in [5, 5.41) is 11.6. The smallest absolute Gasteiger partial charge is 0.335 e. The number of nitrogens with zero attached hydrogens (tertiary/aromatic N) is 3. The second-order valence-electron chi connectivity index (χ2n) is 8.27. The van der Waals surface area contributed by atoms with Crippen molar-refractivity contribution in [3.63, 3.8) is 0 Å². The average Bonchev–Trinajstić information content (AvgIpc) is 2.89. The van der Waals surface area contributed by atoms with Gasteiger partial charge in [-0.2, -0.15) is 0 Å². The van der Waals surface area contributed by atoms with E-state index in [1.54, 1.807) is 0 Å². The molecule has 36 heavy (non-hydrogen) atoms. The number of carboxylic acid groups (broad SMARTS) is 1. The number of anilines is 1. The van der Waals surface area contributed by atoms with Crippen molar-refractivity contribution in [1.82, 2.24) is 15.3 Å². The number of carboxylic acids is 1. The Balaban J connectivity index is 1.36. The molecule has 1 atom stereocenters. The quantitative estimate of drug-likeness (QED) is 0.463. The van der Waals surface area contributed by atoms with Crippen molar-refractivity contribution in [3.8, 4) is 11.5 Å². The number of piperidine rings is 1. The molecule has 10 heteroatoms. The van der Waals surface area contributed by atoms with Crippen LogP contribution in [0.5, 0.6) is 11.5 Å². The number of carbonyl (C=O) groups is 2. The Morgan fingerprint density at radius 1 is 1.14 bits per heavy atom. The highest BCUT2D eigenvalue weighted by molar-refractivity contribution is 5.93. The van der Waals surface area contributed by atoms with Gasteiger partial charge < -0.3 is 24.8 Å². The number of halogens is 1. The van der Waals surface area contributed by atoms with Gasteiger partial charge in [0.05, 0.1) is 24.3 Å². The van der Waals surface area contributed by atoms with Crippen LogP contribution in [0.25, 0.3) is 0 Å². The SMILES string of the molecule is CCOc1ccccc1O[C@@H]1CCCN(c2ncc(C(=O)NCc3cc(C(=O)O)ccc3F)cn2)C1. The normalized spacial score (nSPS) is 15.3. The van der Waals surface area contributed by atoms with E-state index in [4.69, 9.17) is 14.6 Å². The summed E-state index contributed by atoms with van der Waals surface area (Å²) in [6.45, 7) is 3.66. The molecule has 0 bridgehead atoms. The van der Waals surface area contributed by atoms with Crippen LogP contribution in [0.1, 0.15) is 46.0 Å². The fourth-order valence-electron chi connectivity index (χ4n) is 3.94. The molecule has 9 nitrogen and oxygen atoms in total. The lowest BCUT2D eigenvalue weighted by Crippen LogP contribution is -2.42. The molecule has 1 aromatic heterocycles. The van der Waals surface area contributed by atoms with Crippen molar-refractivity contribution in [2.45, 2.75) is 32.4 Å². The van der Waals surface area contributed by atoms with E-state index in [0.29, 0.717) is 30.6 Å². The summed E-state index contributed by atoms with van der Waals surface area (Å²) in [5.74, 6) is -0.372. The van der Waals surface area contributed by atoms with E-state index in [2.05, 4.69) is 15.3 Å². The first-order chi connectivity index (χ1) is 17.4. The first-order valence-electron chi connectivity index (χ1n) is 11.7. The number of benzene rings is 2. The molecule has 3 aromatic rings. The summed E-state index contributed by atoms with van der Waals surface area (Å²) in [6, 6.07) is 11.0. The maximum atomic E-state index is 14.0. The number of carbonyl (C=O) groups excluding carboxylic acids is 1. The summed E-state index contributed by atoms with van der Waals surface area (Å²) in [5.41, 5.74) is 0.230. The van der Waals surface area contributed by atoms with Gasteiger partial charge in [-0.05, 0) is 50.1 Å². The van der Waals surface area contributed by atoms with E-state index in [-0.39, 0.29) is 29.3 Å². The zero-order chi connectivity index (χ0) is 25.5. The van der Waals surface area contributed by atoms with Gasteiger partial charge in [0.15, 0.2) is 11.5 Å². The summed E-state index contributed by atoms with van der Waals surface area (Å²) < 4.78 is 25.8. The number of ether oxygens (including phenoxy) is 2. The number of aromatic carboxylic acids is 1. The second kappa shape index (κ2) is 11.5. The van der Waals surface area contributed by atoms with Crippen molar-refractivity contribution >= 4 is 17.8 Å². The Morgan fingerprint density at radius 2 is 1.89 bits per heavy atom. The lowest BCUT2D eigenvalue weighted by atomic mass is 10.1. The van der Waals surface area contributed by atoms with Gasteiger partial charge in [-0.3, -0.25) is 4.79 Å². The second-order valence-corrected chi connectivity index (χ2v) is 8.27. The van der Waals surface area contributed by atoms with Gasteiger partial charge in [0.2, 0.25) is 5.95 Å². The van der Waals surface area contributed by atoms with Crippen LogP contribution in [0.15, 0.2) is 54.9 Å². The third-order valence-corrected chi connectivity index (χ3v) is 5.74. The first kappa shape index (κ1) is 24.9. The molecule has 2 heterocycles. The third-order valence-electron chi connectivity index (χ3n) is 5.74. The minimum atomic E-state index is -1.17. The van der Waals surface area contributed by atoms with Gasteiger partial charge in [-0.1, -0.05) is 12.1 Å². The van der Waals surface area contributed by atoms with Crippen molar-refractivity contribution in [3.05, 3.63) is 77.4 Å². The summed E-state index contributed by atoms with van der Waals surface area (Å²) in [4.78, 5) is 34.3. The molecule has 1 aliphatic rings. The Morgan fingerprint density at radius 3 is 2.61 bits per heavy atom. The lowest BCUT2D eigenvalue weighted by Gasteiger charge is -2.33. The monoisotopic (exact) mass is 494 g/mol. The van der Waals surface area contributed by atoms with Crippen molar-refractivity contribution in [2.75, 3.05) is 24.6 Å². The number of amides is 1. The van der Waals surface area contributed by atoms with Gasteiger partial charge in [0.1, 0.15) is 11.9 Å². The number of aromatic nitrogens is 2. The molecule has 4 rings (SSSR count). The number of hydrogen-bond acceptors (Lipinski definition) is 7. The topological polar surface area (TPSA) is 114 Å². The third kappa shape index (κ3) is 6.07. The fraction of sp³-hybridized carbons (Fsp3) is 0.308. The standard InChI is InChI=1S/C26H27FN4O5/c1-2-35-22-7-3-4-8-23(22)36-20-6-5-11-31(16-20)26-29-14-19(15-30-26)24(32)28-13-18-12-17(25(33)34)9-10-21(18)27/h3-4,7-10,12,14-15,20H,2,5-6,11,13,16H2,1H3,(H,28,32)(H,33,34)/t20-/m1/s1. The summed E-state index contributed by atoms with van der Waals surface area (Å²) >= 11 is 0. The van der Waals surface area contributed by atoms with Crippen LogP contribution in [0.3, 0.4) is 0 Å². The zero-order valence-corrected chi connectivity index (χ0v) is 19.8.